The Bertz CT molecular complexity index is 330. The molecule has 1 heterocycles. The molecule has 0 saturated heterocycles. The Labute approximate surface area is 77.2 Å². The summed E-state index contributed by atoms with van der Waals surface area (Å²) in [6.45, 7) is 4.27. The van der Waals surface area contributed by atoms with Crippen molar-refractivity contribution in [2.75, 3.05) is 5.73 Å². The van der Waals surface area contributed by atoms with Crippen molar-refractivity contribution in [3.63, 3.8) is 0 Å². The third kappa shape index (κ3) is 3.27. The first-order chi connectivity index (χ1) is 6.08. The fraction of sp³-hybridized carbons (Fsp3) is 0.556. The molecular formula is C9H15N3O. The fourth-order valence-electron chi connectivity index (χ4n) is 1.09. The van der Waals surface area contributed by atoms with Crippen LogP contribution in [0, 0.1) is 5.92 Å². The number of nitrogen functional groups attached to an aromatic ring is 1. The maximum Gasteiger partial charge on any atom is 0.252 e. The minimum Gasteiger partial charge on any atom is -0.369 e. The Kier molecular flexibility index (Phi) is 3.06. The van der Waals surface area contributed by atoms with Gasteiger partial charge >= 0.3 is 0 Å². The van der Waals surface area contributed by atoms with Crippen LogP contribution >= 0.6 is 0 Å². The first kappa shape index (κ1) is 9.77. The molecule has 1 aromatic rings. The number of aromatic nitrogens is 2. The number of rotatable bonds is 3. The molecule has 0 spiro atoms. The number of hydrogen-bond donors (Lipinski definition) is 2. The lowest BCUT2D eigenvalue weighted by atomic mass is 10.1. The summed E-state index contributed by atoms with van der Waals surface area (Å²) in [4.78, 5) is 17.4. The van der Waals surface area contributed by atoms with Gasteiger partial charge in [-0.15, -0.1) is 0 Å². The van der Waals surface area contributed by atoms with E-state index in [-0.39, 0.29) is 11.5 Å². The molecule has 0 amide bonds. The highest BCUT2D eigenvalue weighted by Crippen LogP contribution is 2.05. The third-order valence-electron chi connectivity index (χ3n) is 1.79. The molecule has 0 radical (unpaired) electrons. The normalized spacial score (nSPS) is 10.7. The van der Waals surface area contributed by atoms with E-state index < -0.39 is 0 Å². The molecule has 0 unspecified atom stereocenters. The number of aryl methyl sites for hydroxylation is 1. The van der Waals surface area contributed by atoms with Crippen LogP contribution in [0.4, 0.5) is 5.95 Å². The highest BCUT2D eigenvalue weighted by atomic mass is 16.1. The van der Waals surface area contributed by atoms with Crippen LogP contribution in [0.15, 0.2) is 10.9 Å². The topological polar surface area (TPSA) is 71.8 Å². The smallest absolute Gasteiger partial charge is 0.252 e. The molecule has 3 N–H and O–H groups in total. The second-order valence-corrected chi connectivity index (χ2v) is 3.55. The predicted octanol–water partition coefficient (Wildman–Crippen LogP) is 0.941. The highest BCUT2D eigenvalue weighted by molar-refractivity contribution is 5.17. The molecule has 13 heavy (non-hydrogen) atoms. The summed E-state index contributed by atoms with van der Waals surface area (Å²) >= 11 is 0. The molecule has 0 atom stereocenters. The molecule has 0 aliphatic carbocycles. The molecule has 0 aromatic carbocycles. The summed E-state index contributed by atoms with van der Waals surface area (Å²) in [5.74, 6) is 0.813. The van der Waals surface area contributed by atoms with Crippen LogP contribution in [0.3, 0.4) is 0 Å². The van der Waals surface area contributed by atoms with Gasteiger partial charge in [0.25, 0.3) is 5.56 Å². The van der Waals surface area contributed by atoms with Crippen LogP contribution in [0.25, 0.3) is 0 Å². The van der Waals surface area contributed by atoms with E-state index >= 15 is 0 Å². The number of H-pyrrole nitrogens is 1. The van der Waals surface area contributed by atoms with E-state index in [1.54, 1.807) is 0 Å². The number of nitrogens with two attached hydrogens (primary N) is 1. The van der Waals surface area contributed by atoms with Gasteiger partial charge in [-0.2, -0.15) is 0 Å². The van der Waals surface area contributed by atoms with Gasteiger partial charge in [-0.1, -0.05) is 13.8 Å². The summed E-state index contributed by atoms with van der Waals surface area (Å²) < 4.78 is 0. The van der Waals surface area contributed by atoms with Crippen LogP contribution in [-0.4, -0.2) is 9.97 Å². The van der Waals surface area contributed by atoms with Crippen LogP contribution in [0.1, 0.15) is 26.0 Å². The number of anilines is 1. The van der Waals surface area contributed by atoms with E-state index in [4.69, 9.17) is 5.73 Å². The van der Waals surface area contributed by atoms with Gasteiger partial charge in [0.1, 0.15) is 0 Å². The van der Waals surface area contributed by atoms with Crippen LogP contribution in [0.2, 0.25) is 0 Å². The molecule has 0 bridgehead atoms. The molecule has 1 aromatic heterocycles. The quantitative estimate of drug-likeness (QED) is 0.729. The Morgan fingerprint density at radius 2 is 2.31 bits per heavy atom. The van der Waals surface area contributed by atoms with Gasteiger partial charge in [0.05, 0.1) is 0 Å². The van der Waals surface area contributed by atoms with Crippen LogP contribution in [0.5, 0.6) is 0 Å². The molecule has 0 fully saturated rings. The molecule has 1 rings (SSSR count). The minimum atomic E-state index is -0.175. The zero-order valence-corrected chi connectivity index (χ0v) is 8.00. The van der Waals surface area contributed by atoms with Gasteiger partial charge in [0.15, 0.2) is 0 Å². The van der Waals surface area contributed by atoms with E-state index in [2.05, 4.69) is 23.8 Å². The zero-order valence-electron chi connectivity index (χ0n) is 8.00. The van der Waals surface area contributed by atoms with Crippen molar-refractivity contribution in [2.45, 2.75) is 26.7 Å². The van der Waals surface area contributed by atoms with Crippen molar-refractivity contribution in [1.29, 1.82) is 0 Å². The van der Waals surface area contributed by atoms with E-state index in [1.165, 1.54) is 6.07 Å². The van der Waals surface area contributed by atoms with Crippen molar-refractivity contribution < 1.29 is 0 Å². The van der Waals surface area contributed by atoms with Crippen molar-refractivity contribution in [2.24, 2.45) is 5.92 Å². The number of nitrogens with one attached hydrogen (secondary N) is 1. The number of aromatic amines is 1. The Morgan fingerprint density at radius 1 is 1.62 bits per heavy atom. The molecule has 0 saturated carbocycles. The lowest BCUT2D eigenvalue weighted by Gasteiger charge is -2.03. The van der Waals surface area contributed by atoms with Crippen molar-refractivity contribution in [3.05, 3.63) is 22.1 Å². The van der Waals surface area contributed by atoms with E-state index in [0.717, 1.165) is 18.5 Å². The van der Waals surface area contributed by atoms with Gasteiger partial charge < -0.3 is 5.73 Å². The van der Waals surface area contributed by atoms with Gasteiger partial charge in [0.2, 0.25) is 5.95 Å². The number of hydrogen-bond acceptors (Lipinski definition) is 3. The average molecular weight is 181 g/mol. The number of nitrogens with zero attached hydrogens (tertiary/aromatic N) is 1. The van der Waals surface area contributed by atoms with E-state index in [0.29, 0.717) is 5.92 Å². The summed E-state index contributed by atoms with van der Waals surface area (Å²) in [6.07, 6.45) is 1.84. The molecule has 72 valence electrons. The van der Waals surface area contributed by atoms with Crippen LogP contribution < -0.4 is 11.3 Å². The fourth-order valence-corrected chi connectivity index (χ4v) is 1.09. The molecule has 4 heteroatoms. The standard InChI is InChI=1S/C9H15N3O/c1-6(2)3-4-7-5-8(13)12-9(10)11-7/h5-6H,3-4H2,1-2H3,(H3,10,11,12,13). The summed E-state index contributed by atoms with van der Waals surface area (Å²) in [5.41, 5.74) is 6.00. The largest absolute Gasteiger partial charge is 0.369 e. The third-order valence-corrected chi connectivity index (χ3v) is 1.79. The second kappa shape index (κ2) is 4.07. The Hall–Kier alpha value is -1.32. The summed E-state index contributed by atoms with van der Waals surface area (Å²) in [6, 6.07) is 1.50. The summed E-state index contributed by atoms with van der Waals surface area (Å²) in [7, 11) is 0. The van der Waals surface area contributed by atoms with Gasteiger partial charge in [-0.05, 0) is 18.8 Å². The minimum absolute atomic E-state index is 0.175. The SMILES string of the molecule is CC(C)CCc1cc(=O)[nH]c(N)n1. The summed E-state index contributed by atoms with van der Waals surface area (Å²) in [5, 5.41) is 0. The van der Waals surface area contributed by atoms with Gasteiger partial charge in [-0.3, -0.25) is 9.78 Å². The van der Waals surface area contributed by atoms with Crippen LogP contribution in [-0.2, 0) is 6.42 Å². The van der Waals surface area contributed by atoms with Gasteiger partial charge in [-0.25, -0.2) is 4.98 Å². The maximum absolute atomic E-state index is 11.0. The second-order valence-electron chi connectivity index (χ2n) is 3.55. The van der Waals surface area contributed by atoms with E-state index in [1.807, 2.05) is 0 Å². The van der Waals surface area contributed by atoms with Crippen molar-refractivity contribution in [3.8, 4) is 0 Å². The maximum atomic E-state index is 11.0. The molecular weight excluding hydrogens is 166 g/mol. The van der Waals surface area contributed by atoms with Crippen molar-refractivity contribution >= 4 is 5.95 Å². The first-order valence-corrected chi connectivity index (χ1v) is 4.43. The molecule has 0 aliphatic heterocycles. The molecule has 0 aliphatic rings. The first-order valence-electron chi connectivity index (χ1n) is 4.43. The van der Waals surface area contributed by atoms with Crippen molar-refractivity contribution in [1.82, 2.24) is 9.97 Å². The highest BCUT2D eigenvalue weighted by Gasteiger charge is 2.00. The van der Waals surface area contributed by atoms with E-state index in [9.17, 15) is 4.79 Å². The van der Waals surface area contributed by atoms with Gasteiger partial charge in [0, 0.05) is 11.8 Å². The monoisotopic (exact) mass is 181 g/mol. The Morgan fingerprint density at radius 3 is 2.85 bits per heavy atom. The lowest BCUT2D eigenvalue weighted by Crippen LogP contribution is -2.12. The zero-order chi connectivity index (χ0) is 9.84. The Balaban J connectivity index is 2.72. The predicted molar refractivity (Wildman–Crippen MR) is 52.4 cm³/mol. The average Bonchev–Trinajstić information content (AvgIpc) is 1.99. The lowest BCUT2D eigenvalue weighted by molar-refractivity contribution is 0.581. The molecule has 4 nitrogen and oxygen atoms in total.